The molecule has 0 aliphatic carbocycles. The van der Waals surface area contributed by atoms with Gasteiger partial charge in [0.15, 0.2) is 0 Å². The van der Waals surface area contributed by atoms with Crippen molar-refractivity contribution in [1.82, 2.24) is 4.90 Å². The summed E-state index contributed by atoms with van der Waals surface area (Å²) in [6.45, 7) is 4.46. The zero-order chi connectivity index (χ0) is 14.5. The number of benzene rings is 1. The van der Waals surface area contributed by atoms with Crippen molar-refractivity contribution in [3.05, 3.63) is 29.3 Å². The molecule has 5 heteroatoms. The minimum atomic E-state index is -0.205. The average molecular weight is 297 g/mol. The van der Waals surface area contributed by atoms with Gasteiger partial charge in [0.1, 0.15) is 0 Å². The molecular formula is C15H21ClN2O2. The molecule has 0 bridgehead atoms. The number of carbonyl (C=O) groups is 1. The molecule has 1 saturated heterocycles. The molecule has 1 amide bonds. The van der Waals surface area contributed by atoms with Crippen LogP contribution in [0.5, 0.6) is 0 Å². The lowest BCUT2D eigenvalue weighted by molar-refractivity contribution is -0.116. The molecule has 1 aliphatic heterocycles. The summed E-state index contributed by atoms with van der Waals surface area (Å²) >= 11 is 6.00. The summed E-state index contributed by atoms with van der Waals surface area (Å²) in [4.78, 5) is 14.1. The minimum Gasteiger partial charge on any atom is -0.393 e. The van der Waals surface area contributed by atoms with Crippen LogP contribution in [0.4, 0.5) is 5.69 Å². The van der Waals surface area contributed by atoms with Crippen molar-refractivity contribution in [2.45, 2.75) is 25.9 Å². The largest absolute Gasteiger partial charge is 0.393 e. The first kappa shape index (κ1) is 15.3. The first-order chi connectivity index (χ1) is 9.56. The third-order valence-electron chi connectivity index (χ3n) is 3.75. The van der Waals surface area contributed by atoms with Gasteiger partial charge in [0.2, 0.25) is 5.91 Å². The number of amides is 1. The SMILES string of the molecule is CC1CN(CCC(=O)Nc2ccccc2Cl)CCC1O. The van der Waals surface area contributed by atoms with E-state index >= 15 is 0 Å². The Hall–Kier alpha value is -1.10. The van der Waals surface area contributed by atoms with Crippen LogP contribution in [0, 0.1) is 5.92 Å². The Kier molecular flexibility index (Phi) is 5.40. The molecule has 2 atom stereocenters. The molecule has 4 nitrogen and oxygen atoms in total. The number of nitrogens with zero attached hydrogens (tertiary/aromatic N) is 1. The fraction of sp³-hybridized carbons (Fsp3) is 0.533. The lowest BCUT2D eigenvalue weighted by Gasteiger charge is -2.34. The van der Waals surface area contributed by atoms with E-state index in [0.717, 1.165) is 19.5 Å². The first-order valence-corrected chi connectivity index (χ1v) is 7.39. The zero-order valence-electron chi connectivity index (χ0n) is 11.7. The maximum atomic E-state index is 11.9. The fourth-order valence-corrected chi connectivity index (χ4v) is 2.64. The van der Waals surface area contributed by atoms with Crippen LogP contribution in [0.3, 0.4) is 0 Å². The van der Waals surface area contributed by atoms with Crippen LogP contribution in [-0.4, -0.2) is 41.7 Å². The molecule has 1 heterocycles. The van der Waals surface area contributed by atoms with Crippen molar-refractivity contribution in [2.75, 3.05) is 25.0 Å². The molecule has 2 rings (SSSR count). The molecule has 1 fully saturated rings. The predicted molar refractivity (Wildman–Crippen MR) is 80.9 cm³/mol. The van der Waals surface area contributed by atoms with Crippen LogP contribution in [0.1, 0.15) is 19.8 Å². The molecule has 110 valence electrons. The first-order valence-electron chi connectivity index (χ1n) is 7.01. The number of piperidine rings is 1. The van der Waals surface area contributed by atoms with Gasteiger partial charge in [-0.2, -0.15) is 0 Å². The zero-order valence-corrected chi connectivity index (χ0v) is 12.4. The van der Waals surface area contributed by atoms with Crippen molar-refractivity contribution in [3.8, 4) is 0 Å². The van der Waals surface area contributed by atoms with Crippen molar-refractivity contribution < 1.29 is 9.90 Å². The van der Waals surface area contributed by atoms with Gasteiger partial charge in [-0.1, -0.05) is 30.7 Å². The molecule has 0 saturated carbocycles. The van der Waals surface area contributed by atoms with Crippen LogP contribution >= 0.6 is 11.6 Å². The van der Waals surface area contributed by atoms with Crippen molar-refractivity contribution in [3.63, 3.8) is 0 Å². The molecule has 2 unspecified atom stereocenters. The molecule has 1 aromatic carbocycles. The van der Waals surface area contributed by atoms with Gasteiger partial charge in [0, 0.05) is 26.1 Å². The summed E-state index contributed by atoms with van der Waals surface area (Å²) in [5.74, 6) is 0.243. The van der Waals surface area contributed by atoms with E-state index in [2.05, 4.69) is 10.2 Å². The lowest BCUT2D eigenvalue weighted by Crippen LogP contribution is -2.42. The van der Waals surface area contributed by atoms with Gasteiger partial charge in [0.25, 0.3) is 0 Å². The van der Waals surface area contributed by atoms with Crippen molar-refractivity contribution >= 4 is 23.2 Å². The van der Waals surface area contributed by atoms with E-state index in [-0.39, 0.29) is 17.9 Å². The van der Waals surface area contributed by atoms with Crippen LogP contribution in [0.2, 0.25) is 5.02 Å². The average Bonchev–Trinajstić information content (AvgIpc) is 2.43. The highest BCUT2D eigenvalue weighted by Crippen LogP contribution is 2.21. The Bertz CT molecular complexity index is 467. The second kappa shape index (κ2) is 7.07. The third-order valence-corrected chi connectivity index (χ3v) is 4.08. The number of anilines is 1. The topological polar surface area (TPSA) is 52.6 Å². The Morgan fingerprint density at radius 1 is 1.50 bits per heavy atom. The molecule has 1 aliphatic rings. The van der Waals surface area contributed by atoms with Gasteiger partial charge in [-0.3, -0.25) is 4.79 Å². The maximum Gasteiger partial charge on any atom is 0.225 e. The number of aliphatic hydroxyl groups is 1. The summed E-state index contributed by atoms with van der Waals surface area (Å²) in [6.07, 6.45) is 1.02. The number of rotatable bonds is 4. The van der Waals surface area contributed by atoms with E-state index in [0.29, 0.717) is 23.7 Å². The maximum absolute atomic E-state index is 11.9. The summed E-state index contributed by atoms with van der Waals surface area (Å²) in [7, 11) is 0. The van der Waals surface area contributed by atoms with Crippen LogP contribution in [-0.2, 0) is 4.79 Å². The van der Waals surface area contributed by atoms with Gasteiger partial charge in [-0.05, 0) is 24.5 Å². The number of para-hydroxylation sites is 1. The molecular weight excluding hydrogens is 276 g/mol. The van der Waals surface area contributed by atoms with E-state index < -0.39 is 0 Å². The molecule has 2 N–H and O–H groups in total. The smallest absolute Gasteiger partial charge is 0.225 e. The van der Waals surface area contributed by atoms with Crippen LogP contribution in [0.15, 0.2) is 24.3 Å². The number of aliphatic hydroxyl groups excluding tert-OH is 1. The van der Waals surface area contributed by atoms with Gasteiger partial charge < -0.3 is 15.3 Å². The van der Waals surface area contributed by atoms with Crippen LogP contribution in [0.25, 0.3) is 0 Å². The van der Waals surface area contributed by atoms with Crippen molar-refractivity contribution in [2.24, 2.45) is 5.92 Å². The predicted octanol–water partition coefficient (Wildman–Crippen LogP) is 2.37. The van der Waals surface area contributed by atoms with Crippen molar-refractivity contribution in [1.29, 1.82) is 0 Å². The fourth-order valence-electron chi connectivity index (χ4n) is 2.46. The second-order valence-corrected chi connectivity index (χ2v) is 5.82. The Morgan fingerprint density at radius 3 is 2.95 bits per heavy atom. The number of carbonyl (C=O) groups excluding carboxylic acids is 1. The monoisotopic (exact) mass is 296 g/mol. The normalized spacial score (nSPS) is 23.6. The third kappa shape index (κ3) is 4.20. The van der Waals surface area contributed by atoms with Gasteiger partial charge in [-0.25, -0.2) is 0 Å². The Morgan fingerprint density at radius 2 is 2.25 bits per heavy atom. The van der Waals surface area contributed by atoms with Gasteiger partial charge in [-0.15, -0.1) is 0 Å². The second-order valence-electron chi connectivity index (χ2n) is 5.41. The van der Waals surface area contributed by atoms with Gasteiger partial charge in [0.05, 0.1) is 16.8 Å². The minimum absolute atomic E-state index is 0.0307. The molecule has 0 spiro atoms. The van der Waals surface area contributed by atoms with E-state index in [1.807, 2.05) is 19.1 Å². The number of likely N-dealkylation sites (tertiary alicyclic amines) is 1. The summed E-state index contributed by atoms with van der Waals surface area (Å²) < 4.78 is 0. The molecule has 1 aromatic rings. The molecule has 0 aromatic heterocycles. The Balaban J connectivity index is 1.77. The van der Waals surface area contributed by atoms with Crippen LogP contribution < -0.4 is 5.32 Å². The van der Waals surface area contributed by atoms with Gasteiger partial charge >= 0.3 is 0 Å². The number of halogens is 1. The number of hydrogen-bond donors (Lipinski definition) is 2. The summed E-state index contributed by atoms with van der Waals surface area (Å²) in [6, 6.07) is 7.22. The number of hydrogen-bond acceptors (Lipinski definition) is 3. The summed E-state index contributed by atoms with van der Waals surface area (Å²) in [5, 5.41) is 13.1. The quantitative estimate of drug-likeness (QED) is 0.897. The number of nitrogens with one attached hydrogen (secondary N) is 1. The standard InChI is InChI=1S/C15H21ClN2O2/c1-11-10-18(8-6-14(11)19)9-7-15(20)17-13-5-3-2-4-12(13)16/h2-5,11,14,19H,6-10H2,1H3,(H,17,20). The lowest BCUT2D eigenvalue weighted by atomic mass is 9.97. The highest BCUT2D eigenvalue weighted by Gasteiger charge is 2.24. The molecule has 0 radical (unpaired) electrons. The van der Waals surface area contributed by atoms with E-state index in [4.69, 9.17) is 11.6 Å². The van der Waals surface area contributed by atoms with E-state index in [1.165, 1.54) is 0 Å². The van der Waals surface area contributed by atoms with E-state index in [1.54, 1.807) is 12.1 Å². The summed E-state index contributed by atoms with van der Waals surface area (Å²) in [5.41, 5.74) is 0.654. The van der Waals surface area contributed by atoms with E-state index in [9.17, 15) is 9.90 Å². The Labute approximate surface area is 124 Å². The highest BCUT2D eigenvalue weighted by atomic mass is 35.5. The highest BCUT2D eigenvalue weighted by molar-refractivity contribution is 6.33. The molecule has 20 heavy (non-hydrogen) atoms.